The minimum Gasteiger partial charge on any atom is -0.381 e. The van der Waals surface area contributed by atoms with E-state index >= 15 is 0 Å². The molecule has 1 fully saturated rings. The topological polar surface area (TPSA) is 63.3 Å². The molecule has 1 aliphatic carbocycles. The first kappa shape index (κ1) is 23.5. The molecule has 1 aliphatic rings. The normalized spacial score (nSPS) is 18.6. The number of nitrogens with zero attached hydrogens (tertiary/aromatic N) is 1. The molecule has 1 amide bonds. The van der Waals surface area contributed by atoms with Gasteiger partial charge in [0.1, 0.15) is 16.7 Å². The molecule has 2 unspecified atom stereocenters. The summed E-state index contributed by atoms with van der Waals surface area (Å²) in [5.41, 5.74) is 2.19. The van der Waals surface area contributed by atoms with E-state index in [2.05, 4.69) is 10.6 Å². The predicted molar refractivity (Wildman–Crippen MR) is 124 cm³/mol. The van der Waals surface area contributed by atoms with Gasteiger partial charge in [-0.3, -0.25) is 4.79 Å². The smallest absolute Gasteiger partial charge is 0.254 e. The first-order chi connectivity index (χ1) is 15.0. The SMILES string of the molecule is CCSc1nc(NCC2CCCC(OC)C2)cc(C)c1C(=O)NCc1cccc(F)c1. The van der Waals surface area contributed by atoms with E-state index in [-0.39, 0.29) is 18.3 Å². The molecule has 2 N–H and O–H groups in total. The Morgan fingerprint density at radius 1 is 1.32 bits per heavy atom. The van der Waals surface area contributed by atoms with Crippen LogP contribution in [0.15, 0.2) is 35.4 Å². The molecule has 0 spiro atoms. The summed E-state index contributed by atoms with van der Waals surface area (Å²) in [7, 11) is 1.79. The highest BCUT2D eigenvalue weighted by molar-refractivity contribution is 7.99. The Morgan fingerprint density at radius 3 is 2.90 bits per heavy atom. The van der Waals surface area contributed by atoms with Crippen LogP contribution in [-0.2, 0) is 11.3 Å². The molecule has 3 rings (SSSR count). The van der Waals surface area contributed by atoms with Gasteiger partial charge in [0, 0.05) is 20.2 Å². The lowest BCUT2D eigenvalue weighted by Gasteiger charge is -2.28. The van der Waals surface area contributed by atoms with E-state index in [1.165, 1.54) is 25.0 Å². The molecule has 1 aromatic carbocycles. The highest BCUT2D eigenvalue weighted by Gasteiger charge is 2.22. The third-order valence-corrected chi connectivity index (χ3v) is 6.53. The fraction of sp³-hybridized carbons (Fsp3) is 0.500. The Kier molecular flexibility index (Phi) is 8.72. The van der Waals surface area contributed by atoms with Crippen molar-refractivity contribution in [2.75, 3.05) is 24.7 Å². The Balaban J connectivity index is 1.68. The van der Waals surface area contributed by atoms with Crippen molar-refractivity contribution in [3.8, 4) is 0 Å². The maximum atomic E-state index is 13.4. The molecule has 1 saturated carbocycles. The number of aryl methyl sites for hydroxylation is 1. The van der Waals surface area contributed by atoms with E-state index in [4.69, 9.17) is 9.72 Å². The van der Waals surface area contributed by atoms with Crippen LogP contribution in [0.2, 0.25) is 0 Å². The van der Waals surface area contributed by atoms with Crippen LogP contribution in [0.5, 0.6) is 0 Å². The summed E-state index contributed by atoms with van der Waals surface area (Å²) in [5, 5.41) is 7.10. The Bertz CT molecular complexity index is 893. The third kappa shape index (κ3) is 6.68. The lowest BCUT2D eigenvalue weighted by molar-refractivity contribution is 0.0531. The average Bonchev–Trinajstić information content (AvgIpc) is 2.76. The van der Waals surface area contributed by atoms with Gasteiger partial charge in [-0.15, -0.1) is 11.8 Å². The summed E-state index contributed by atoms with van der Waals surface area (Å²) < 4.78 is 18.9. The van der Waals surface area contributed by atoms with E-state index in [9.17, 15) is 9.18 Å². The van der Waals surface area contributed by atoms with Crippen LogP contribution in [0, 0.1) is 18.7 Å². The van der Waals surface area contributed by atoms with Gasteiger partial charge in [-0.2, -0.15) is 0 Å². The van der Waals surface area contributed by atoms with Gasteiger partial charge < -0.3 is 15.4 Å². The minimum absolute atomic E-state index is 0.188. The molecule has 2 atom stereocenters. The monoisotopic (exact) mass is 445 g/mol. The number of pyridine rings is 1. The fourth-order valence-corrected chi connectivity index (χ4v) is 4.89. The van der Waals surface area contributed by atoms with Crippen molar-refractivity contribution in [2.45, 2.75) is 57.2 Å². The lowest BCUT2D eigenvalue weighted by Crippen LogP contribution is -2.27. The molecule has 0 aliphatic heterocycles. The van der Waals surface area contributed by atoms with Crippen molar-refractivity contribution in [3.63, 3.8) is 0 Å². The Labute approximate surface area is 188 Å². The van der Waals surface area contributed by atoms with Gasteiger partial charge in [-0.25, -0.2) is 9.37 Å². The van der Waals surface area contributed by atoms with Gasteiger partial charge >= 0.3 is 0 Å². The zero-order chi connectivity index (χ0) is 22.2. The highest BCUT2D eigenvalue weighted by Crippen LogP contribution is 2.28. The molecule has 0 saturated heterocycles. The van der Waals surface area contributed by atoms with Crippen molar-refractivity contribution < 1.29 is 13.9 Å². The molecular weight excluding hydrogens is 413 g/mol. The van der Waals surface area contributed by atoms with Gasteiger partial charge in [-0.1, -0.05) is 25.5 Å². The number of methoxy groups -OCH3 is 1. The number of hydrogen-bond donors (Lipinski definition) is 2. The van der Waals surface area contributed by atoms with Crippen molar-refractivity contribution in [2.24, 2.45) is 5.92 Å². The van der Waals surface area contributed by atoms with Gasteiger partial charge in [0.15, 0.2) is 0 Å². The summed E-state index contributed by atoms with van der Waals surface area (Å²) >= 11 is 1.56. The maximum absolute atomic E-state index is 13.4. The van der Waals surface area contributed by atoms with E-state index in [1.807, 2.05) is 19.9 Å². The van der Waals surface area contributed by atoms with Crippen LogP contribution in [0.1, 0.15) is 54.1 Å². The number of halogens is 1. The molecule has 0 radical (unpaired) electrons. The molecule has 1 aromatic heterocycles. The van der Waals surface area contributed by atoms with E-state index in [0.717, 1.165) is 47.1 Å². The number of amides is 1. The number of carbonyl (C=O) groups excluding carboxylic acids is 1. The van der Waals surface area contributed by atoms with Crippen LogP contribution in [-0.4, -0.2) is 36.4 Å². The van der Waals surface area contributed by atoms with Gasteiger partial charge in [0.25, 0.3) is 5.91 Å². The van der Waals surface area contributed by atoms with Crippen molar-refractivity contribution in [1.82, 2.24) is 10.3 Å². The number of anilines is 1. The zero-order valence-electron chi connectivity index (χ0n) is 18.5. The molecule has 2 aromatic rings. The second-order valence-electron chi connectivity index (χ2n) is 8.02. The van der Waals surface area contributed by atoms with Crippen LogP contribution < -0.4 is 10.6 Å². The van der Waals surface area contributed by atoms with E-state index < -0.39 is 0 Å². The molecule has 7 heteroatoms. The van der Waals surface area contributed by atoms with Gasteiger partial charge in [0.2, 0.25) is 0 Å². The first-order valence-corrected chi connectivity index (χ1v) is 11.9. The predicted octanol–water partition coefficient (Wildman–Crippen LogP) is 5.19. The third-order valence-electron chi connectivity index (χ3n) is 5.67. The number of nitrogens with one attached hydrogen (secondary N) is 2. The van der Waals surface area contributed by atoms with Crippen molar-refractivity contribution in [1.29, 1.82) is 0 Å². The van der Waals surface area contributed by atoms with Crippen LogP contribution >= 0.6 is 11.8 Å². The molecule has 0 bridgehead atoms. The van der Waals surface area contributed by atoms with Crippen LogP contribution in [0.3, 0.4) is 0 Å². The molecule has 31 heavy (non-hydrogen) atoms. The number of benzene rings is 1. The van der Waals surface area contributed by atoms with Gasteiger partial charge in [-0.05, 0) is 67.2 Å². The number of hydrogen-bond acceptors (Lipinski definition) is 5. The second kappa shape index (κ2) is 11.5. The number of rotatable bonds is 9. The standard InChI is InChI=1S/C24H32FN3O2S/c1-4-31-24-22(23(29)27-15-17-7-5-9-19(25)12-17)16(2)11-21(28-24)26-14-18-8-6-10-20(13-18)30-3/h5,7,9,11-12,18,20H,4,6,8,10,13-15H2,1-3H3,(H,26,28)(H,27,29). The molecule has 168 valence electrons. The number of ether oxygens (including phenoxy) is 1. The van der Waals surface area contributed by atoms with Crippen molar-refractivity contribution in [3.05, 3.63) is 52.8 Å². The zero-order valence-corrected chi connectivity index (χ0v) is 19.4. The summed E-state index contributed by atoms with van der Waals surface area (Å²) in [4.78, 5) is 17.6. The molecule has 5 nitrogen and oxygen atoms in total. The number of thioether (sulfide) groups is 1. The number of carbonyl (C=O) groups is 1. The van der Waals surface area contributed by atoms with E-state index in [0.29, 0.717) is 17.6 Å². The van der Waals surface area contributed by atoms with Crippen molar-refractivity contribution >= 4 is 23.5 Å². The summed E-state index contributed by atoms with van der Waals surface area (Å²) in [5.74, 6) is 1.69. The quantitative estimate of drug-likeness (QED) is 0.520. The number of aromatic nitrogens is 1. The summed E-state index contributed by atoms with van der Waals surface area (Å²) in [6.45, 7) is 5.11. The van der Waals surface area contributed by atoms with Crippen LogP contribution in [0.25, 0.3) is 0 Å². The summed E-state index contributed by atoms with van der Waals surface area (Å²) in [6, 6.07) is 8.20. The maximum Gasteiger partial charge on any atom is 0.254 e. The lowest BCUT2D eigenvalue weighted by atomic mass is 9.87. The largest absolute Gasteiger partial charge is 0.381 e. The van der Waals surface area contributed by atoms with E-state index in [1.54, 1.807) is 31.0 Å². The molecular formula is C24H32FN3O2S. The van der Waals surface area contributed by atoms with Gasteiger partial charge in [0.05, 0.1) is 11.7 Å². The Morgan fingerprint density at radius 2 is 2.16 bits per heavy atom. The highest BCUT2D eigenvalue weighted by atomic mass is 32.2. The average molecular weight is 446 g/mol. The van der Waals surface area contributed by atoms with Crippen LogP contribution in [0.4, 0.5) is 10.2 Å². The second-order valence-corrected chi connectivity index (χ2v) is 9.27. The molecule has 1 heterocycles. The minimum atomic E-state index is -0.308. The first-order valence-electron chi connectivity index (χ1n) is 10.9. The Hall–Kier alpha value is -2.12. The fourth-order valence-electron chi connectivity index (χ4n) is 4.06. The summed E-state index contributed by atoms with van der Waals surface area (Å²) in [6.07, 6.45) is 4.95.